The number of para-hydroxylation sites is 1. The minimum absolute atomic E-state index is 0.539. The van der Waals surface area contributed by atoms with Gasteiger partial charge in [0.1, 0.15) is 11.5 Å². The third-order valence-corrected chi connectivity index (χ3v) is 4.11. The van der Waals surface area contributed by atoms with Crippen LogP contribution >= 0.6 is 0 Å². The average Bonchev–Trinajstić information content (AvgIpc) is 2.61. The van der Waals surface area contributed by atoms with Crippen molar-refractivity contribution in [2.24, 2.45) is 5.92 Å². The quantitative estimate of drug-likeness (QED) is 0.843. The maximum Gasteiger partial charge on any atom is 0.122 e. The number of hydrogen-bond donors (Lipinski definition) is 1. The van der Waals surface area contributed by atoms with Crippen molar-refractivity contribution in [1.29, 1.82) is 0 Å². The van der Waals surface area contributed by atoms with Gasteiger partial charge in [-0.05, 0) is 42.2 Å². The van der Waals surface area contributed by atoms with E-state index in [1.807, 2.05) is 18.2 Å². The first-order valence-electron chi connectivity index (χ1n) is 8.48. The topological polar surface area (TPSA) is 30.5 Å². The van der Waals surface area contributed by atoms with Crippen LogP contribution in [-0.4, -0.2) is 19.8 Å². The fourth-order valence-electron chi connectivity index (χ4n) is 2.87. The van der Waals surface area contributed by atoms with Crippen molar-refractivity contribution < 1.29 is 9.47 Å². The summed E-state index contributed by atoms with van der Waals surface area (Å²) in [6.45, 7) is 5.55. The fraction of sp³-hybridized carbons (Fsp3) is 0.400. The van der Waals surface area contributed by atoms with Gasteiger partial charge in [-0.15, -0.1) is 0 Å². The summed E-state index contributed by atoms with van der Waals surface area (Å²) in [4.78, 5) is 0. The predicted molar refractivity (Wildman–Crippen MR) is 93.1 cm³/mol. The second-order valence-corrected chi connectivity index (χ2v) is 6.11. The molecule has 1 unspecified atom stereocenters. The Balaban J connectivity index is 1.43. The Morgan fingerprint density at radius 2 is 1.96 bits per heavy atom. The number of nitrogens with one attached hydrogen (secondary N) is 1. The molecule has 0 amide bonds. The number of ether oxygens (including phenoxy) is 2. The molecule has 1 aliphatic rings. The van der Waals surface area contributed by atoms with Crippen LogP contribution in [0.15, 0.2) is 48.5 Å². The number of hydrogen-bond acceptors (Lipinski definition) is 3. The number of fused-ring (bicyclic) bond motifs is 1. The van der Waals surface area contributed by atoms with E-state index in [9.17, 15) is 0 Å². The highest BCUT2D eigenvalue weighted by Crippen LogP contribution is 2.26. The van der Waals surface area contributed by atoms with Gasteiger partial charge in [-0.25, -0.2) is 0 Å². The molecule has 0 fully saturated rings. The molecule has 0 saturated carbocycles. The van der Waals surface area contributed by atoms with Crippen LogP contribution in [0.25, 0.3) is 0 Å². The van der Waals surface area contributed by atoms with Gasteiger partial charge in [-0.1, -0.05) is 37.3 Å². The van der Waals surface area contributed by atoms with E-state index in [1.54, 1.807) is 0 Å². The number of rotatable bonds is 7. The van der Waals surface area contributed by atoms with E-state index in [1.165, 1.54) is 11.1 Å². The molecular formula is C20H25NO2. The zero-order valence-electron chi connectivity index (χ0n) is 13.8. The molecule has 1 heterocycles. The van der Waals surface area contributed by atoms with E-state index in [0.29, 0.717) is 5.92 Å². The summed E-state index contributed by atoms with van der Waals surface area (Å²) in [7, 11) is 0. The van der Waals surface area contributed by atoms with Gasteiger partial charge in [-0.3, -0.25) is 0 Å². The summed E-state index contributed by atoms with van der Waals surface area (Å²) in [6, 6.07) is 16.7. The van der Waals surface area contributed by atoms with Crippen molar-refractivity contribution >= 4 is 0 Å². The molecule has 3 rings (SSSR count). The van der Waals surface area contributed by atoms with Crippen molar-refractivity contribution in [3.8, 4) is 11.5 Å². The van der Waals surface area contributed by atoms with E-state index in [0.717, 1.165) is 50.6 Å². The molecule has 0 saturated heterocycles. The standard InChI is InChI=1S/C20H25NO2/c1-2-11-22-19-9-7-16(8-10-19)13-21-14-17-12-18-5-3-4-6-20(18)23-15-17/h3-10,17,21H,2,11-15H2,1H3. The molecule has 0 spiro atoms. The fourth-order valence-corrected chi connectivity index (χ4v) is 2.87. The summed E-state index contributed by atoms with van der Waals surface area (Å²) in [6.07, 6.45) is 2.13. The summed E-state index contributed by atoms with van der Waals surface area (Å²) >= 11 is 0. The monoisotopic (exact) mass is 311 g/mol. The van der Waals surface area contributed by atoms with E-state index in [2.05, 4.69) is 42.6 Å². The lowest BCUT2D eigenvalue weighted by atomic mass is 9.97. The normalized spacial score (nSPS) is 16.5. The van der Waals surface area contributed by atoms with E-state index in [4.69, 9.17) is 9.47 Å². The van der Waals surface area contributed by atoms with Crippen molar-refractivity contribution in [2.75, 3.05) is 19.8 Å². The summed E-state index contributed by atoms with van der Waals surface area (Å²) in [5.74, 6) is 2.54. The van der Waals surface area contributed by atoms with Gasteiger partial charge in [0.2, 0.25) is 0 Å². The first-order valence-corrected chi connectivity index (χ1v) is 8.48. The lowest BCUT2D eigenvalue weighted by Crippen LogP contribution is -2.31. The van der Waals surface area contributed by atoms with Crippen LogP contribution < -0.4 is 14.8 Å². The van der Waals surface area contributed by atoms with Crippen LogP contribution in [0.1, 0.15) is 24.5 Å². The van der Waals surface area contributed by atoms with Gasteiger partial charge in [0, 0.05) is 19.0 Å². The minimum atomic E-state index is 0.539. The molecule has 1 N–H and O–H groups in total. The van der Waals surface area contributed by atoms with Crippen molar-refractivity contribution in [3.05, 3.63) is 59.7 Å². The molecule has 2 aromatic rings. The summed E-state index contributed by atoms with van der Waals surface area (Å²) in [5.41, 5.74) is 2.61. The number of benzene rings is 2. The van der Waals surface area contributed by atoms with Gasteiger partial charge >= 0.3 is 0 Å². The van der Waals surface area contributed by atoms with Gasteiger partial charge in [0.25, 0.3) is 0 Å². The zero-order chi connectivity index (χ0) is 15.9. The Kier molecular flexibility index (Phi) is 5.54. The van der Waals surface area contributed by atoms with E-state index >= 15 is 0 Å². The second-order valence-electron chi connectivity index (χ2n) is 6.11. The summed E-state index contributed by atoms with van der Waals surface area (Å²) in [5, 5.41) is 3.54. The van der Waals surface area contributed by atoms with Gasteiger partial charge < -0.3 is 14.8 Å². The lowest BCUT2D eigenvalue weighted by Gasteiger charge is -2.25. The predicted octanol–water partition coefficient (Wildman–Crippen LogP) is 3.82. The van der Waals surface area contributed by atoms with Crippen LogP contribution in [0, 0.1) is 5.92 Å². The molecule has 0 radical (unpaired) electrons. The maximum atomic E-state index is 5.84. The molecule has 122 valence electrons. The van der Waals surface area contributed by atoms with E-state index < -0.39 is 0 Å². The third-order valence-electron chi connectivity index (χ3n) is 4.11. The van der Waals surface area contributed by atoms with Gasteiger partial charge in [0.15, 0.2) is 0 Å². The molecule has 0 aromatic heterocycles. The highest BCUT2D eigenvalue weighted by atomic mass is 16.5. The Morgan fingerprint density at radius 1 is 1.13 bits per heavy atom. The SMILES string of the molecule is CCCOc1ccc(CNCC2COc3ccccc3C2)cc1. The van der Waals surface area contributed by atoms with Crippen LogP contribution in [0.3, 0.4) is 0 Å². The molecule has 23 heavy (non-hydrogen) atoms. The molecule has 0 bridgehead atoms. The smallest absolute Gasteiger partial charge is 0.122 e. The minimum Gasteiger partial charge on any atom is -0.494 e. The molecular weight excluding hydrogens is 286 g/mol. The van der Waals surface area contributed by atoms with Gasteiger partial charge in [-0.2, -0.15) is 0 Å². The van der Waals surface area contributed by atoms with Crippen molar-refractivity contribution in [3.63, 3.8) is 0 Å². The van der Waals surface area contributed by atoms with Crippen LogP contribution in [-0.2, 0) is 13.0 Å². The van der Waals surface area contributed by atoms with Gasteiger partial charge in [0.05, 0.1) is 13.2 Å². The van der Waals surface area contributed by atoms with Crippen LogP contribution in [0.4, 0.5) is 0 Å². The Labute approximate surface area is 138 Å². The Morgan fingerprint density at radius 3 is 2.78 bits per heavy atom. The molecule has 3 heteroatoms. The summed E-state index contributed by atoms with van der Waals surface area (Å²) < 4.78 is 11.4. The molecule has 3 nitrogen and oxygen atoms in total. The van der Waals surface area contributed by atoms with Crippen LogP contribution in [0.5, 0.6) is 11.5 Å². The molecule has 1 aliphatic heterocycles. The highest BCUT2D eigenvalue weighted by molar-refractivity contribution is 5.35. The van der Waals surface area contributed by atoms with E-state index in [-0.39, 0.29) is 0 Å². The lowest BCUT2D eigenvalue weighted by molar-refractivity contribution is 0.218. The third kappa shape index (κ3) is 4.49. The zero-order valence-corrected chi connectivity index (χ0v) is 13.8. The second kappa shape index (κ2) is 8.02. The highest BCUT2D eigenvalue weighted by Gasteiger charge is 2.18. The van der Waals surface area contributed by atoms with Crippen LogP contribution in [0.2, 0.25) is 0 Å². The molecule has 0 aliphatic carbocycles. The average molecular weight is 311 g/mol. The maximum absolute atomic E-state index is 5.84. The Hall–Kier alpha value is -2.00. The van der Waals surface area contributed by atoms with Crippen molar-refractivity contribution in [1.82, 2.24) is 5.32 Å². The van der Waals surface area contributed by atoms with Crippen molar-refractivity contribution in [2.45, 2.75) is 26.3 Å². The molecule has 1 atom stereocenters. The first kappa shape index (κ1) is 15.9. The molecule has 2 aromatic carbocycles. The Bertz CT molecular complexity index is 609. The largest absolute Gasteiger partial charge is 0.494 e. The first-order chi connectivity index (χ1) is 11.3.